The largest absolute Gasteiger partial charge is 0.497 e. The SMILES string of the molecule is COc1ccc(C2(C)C=CC=CC2S(=O)(=O)O)cc1. The van der Waals surface area contributed by atoms with Crippen LogP contribution in [-0.4, -0.2) is 25.3 Å². The molecule has 2 atom stereocenters. The van der Waals surface area contributed by atoms with Gasteiger partial charge in [-0.25, -0.2) is 0 Å². The predicted octanol–water partition coefficient (Wildman–Crippen LogP) is 2.34. The maximum Gasteiger partial charge on any atom is 0.272 e. The zero-order valence-corrected chi connectivity index (χ0v) is 11.6. The number of hydrogen-bond acceptors (Lipinski definition) is 3. The molecule has 0 radical (unpaired) electrons. The zero-order valence-electron chi connectivity index (χ0n) is 10.8. The highest BCUT2D eigenvalue weighted by molar-refractivity contribution is 7.86. The fourth-order valence-electron chi connectivity index (χ4n) is 2.33. The molecule has 4 nitrogen and oxygen atoms in total. The van der Waals surface area contributed by atoms with E-state index in [9.17, 15) is 13.0 Å². The van der Waals surface area contributed by atoms with Crippen molar-refractivity contribution in [2.75, 3.05) is 7.11 Å². The molecule has 0 bridgehead atoms. The van der Waals surface area contributed by atoms with Crippen molar-refractivity contribution in [1.82, 2.24) is 0 Å². The summed E-state index contributed by atoms with van der Waals surface area (Å²) >= 11 is 0. The lowest BCUT2D eigenvalue weighted by atomic mass is 9.77. The topological polar surface area (TPSA) is 63.6 Å². The summed E-state index contributed by atoms with van der Waals surface area (Å²) in [7, 11) is -2.60. The Labute approximate surface area is 113 Å². The number of allylic oxidation sites excluding steroid dienone is 3. The highest BCUT2D eigenvalue weighted by Gasteiger charge is 2.41. The predicted molar refractivity (Wildman–Crippen MR) is 74.0 cm³/mol. The van der Waals surface area contributed by atoms with Crippen molar-refractivity contribution in [1.29, 1.82) is 0 Å². The van der Waals surface area contributed by atoms with Gasteiger partial charge < -0.3 is 4.74 Å². The van der Waals surface area contributed by atoms with E-state index in [1.165, 1.54) is 6.08 Å². The molecule has 0 fully saturated rings. The van der Waals surface area contributed by atoms with Gasteiger partial charge in [-0.15, -0.1) is 0 Å². The number of methoxy groups -OCH3 is 1. The van der Waals surface area contributed by atoms with Gasteiger partial charge in [0.25, 0.3) is 10.1 Å². The Hall–Kier alpha value is -1.59. The van der Waals surface area contributed by atoms with Crippen molar-refractivity contribution < 1.29 is 17.7 Å². The van der Waals surface area contributed by atoms with Crippen molar-refractivity contribution in [2.45, 2.75) is 17.6 Å². The minimum Gasteiger partial charge on any atom is -0.497 e. The van der Waals surface area contributed by atoms with Gasteiger partial charge in [0.15, 0.2) is 0 Å². The first-order valence-electron chi connectivity index (χ1n) is 5.85. The first-order chi connectivity index (χ1) is 8.88. The maximum absolute atomic E-state index is 11.5. The Morgan fingerprint density at radius 2 is 1.84 bits per heavy atom. The molecule has 1 aromatic rings. The van der Waals surface area contributed by atoms with E-state index >= 15 is 0 Å². The van der Waals surface area contributed by atoms with E-state index in [0.29, 0.717) is 5.75 Å². The molecule has 0 amide bonds. The van der Waals surface area contributed by atoms with E-state index in [0.717, 1.165) is 5.56 Å². The van der Waals surface area contributed by atoms with E-state index in [-0.39, 0.29) is 0 Å². The average Bonchev–Trinajstić information content (AvgIpc) is 2.38. The van der Waals surface area contributed by atoms with Crippen molar-refractivity contribution in [2.24, 2.45) is 0 Å². The summed E-state index contributed by atoms with van der Waals surface area (Å²) in [5.74, 6) is 0.700. The Bertz CT molecular complexity index is 613. The molecule has 0 spiro atoms. The molecule has 0 aromatic heterocycles. The van der Waals surface area contributed by atoms with Crippen LogP contribution in [0.25, 0.3) is 0 Å². The summed E-state index contributed by atoms with van der Waals surface area (Å²) in [6.07, 6.45) is 6.70. The van der Waals surface area contributed by atoms with E-state index in [1.807, 2.05) is 0 Å². The van der Waals surface area contributed by atoms with Gasteiger partial charge in [-0.1, -0.05) is 43.4 Å². The standard InChI is InChI=1S/C14H16O4S/c1-14(11-6-8-12(18-2)9-7-11)10-4-3-5-13(14)19(15,16)17/h3-10,13H,1-2H3,(H,15,16,17). The van der Waals surface area contributed by atoms with Gasteiger partial charge >= 0.3 is 0 Å². The van der Waals surface area contributed by atoms with Crippen molar-refractivity contribution >= 4 is 10.1 Å². The molecule has 102 valence electrons. The lowest BCUT2D eigenvalue weighted by Gasteiger charge is -2.33. The molecule has 2 unspecified atom stereocenters. The van der Waals surface area contributed by atoms with Crippen LogP contribution in [0.3, 0.4) is 0 Å². The summed E-state index contributed by atoms with van der Waals surface area (Å²) in [4.78, 5) is 0. The first-order valence-corrected chi connectivity index (χ1v) is 7.35. The van der Waals surface area contributed by atoms with Crippen LogP contribution in [0.2, 0.25) is 0 Å². The molecule has 1 aliphatic rings. The Kier molecular flexibility index (Phi) is 3.52. The molecule has 1 aromatic carbocycles. The molecule has 0 heterocycles. The third-order valence-electron chi connectivity index (χ3n) is 3.46. The van der Waals surface area contributed by atoms with Gasteiger partial charge in [0.05, 0.1) is 7.11 Å². The molecule has 1 aliphatic carbocycles. The smallest absolute Gasteiger partial charge is 0.272 e. The maximum atomic E-state index is 11.5. The monoisotopic (exact) mass is 280 g/mol. The Morgan fingerprint density at radius 3 is 2.37 bits per heavy atom. The molecule has 0 aliphatic heterocycles. The molecule has 2 rings (SSSR count). The van der Waals surface area contributed by atoms with Gasteiger partial charge in [0.2, 0.25) is 0 Å². The molecule has 0 saturated heterocycles. The lowest BCUT2D eigenvalue weighted by Crippen LogP contribution is -2.40. The minimum atomic E-state index is -4.17. The first kappa shape index (κ1) is 13.8. The molecule has 19 heavy (non-hydrogen) atoms. The van der Waals surface area contributed by atoms with Crippen LogP contribution in [-0.2, 0) is 15.5 Å². The van der Waals surface area contributed by atoms with Crippen LogP contribution in [0.5, 0.6) is 5.75 Å². The molecule has 0 saturated carbocycles. The summed E-state index contributed by atoms with van der Waals surface area (Å²) in [5.41, 5.74) is 0.00532. The second kappa shape index (κ2) is 4.83. The van der Waals surface area contributed by atoms with Gasteiger partial charge in [-0.05, 0) is 17.7 Å². The van der Waals surface area contributed by atoms with E-state index < -0.39 is 20.8 Å². The summed E-state index contributed by atoms with van der Waals surface area (Å²) in [5, 5.41) is -0.988. The van der Waals surface area contributed by atoms with Crippen LogP contribution in [0.15, 0.2) is 48.6 Å². The highest BCUT2D eigenvalue weighted by atomic mass is 32.2. The number of ether oxygens (including phenoxy) is 1. The van der Waals surface area contributed by atoms with E-state index in [1.54, 1.807) is 56.5 Å². The zero-order chi connectivity index (χ0) is 14.1. The fraction of sp³-hybridized carbons (Fsp3) is 0.286. The molecule has 5 heteroatoms. The van der Waals surface area contributed by atoms with Crippen LogP contribution < -0.4 is 4.74 Å². The lowest BCUT2D eigenvalue weighted by molar-refractivity contribution is 0.414. The normalized spacial score (nSPS) is 26.4. The quantitative estimate of drug-likeness (QED) is 0.863. The van der Waals surface area contributed by atoms with Crippen LogP contribution in [0.4, 0.5) is 0 Å². The number of hydrogen-bond donors (Lipinski definition) is 1. The third kappa shape index (κ3) is 2.57. The highest BCUT2D eigenvalue weighted by Crippen LogP contribution is 2.36. The number of rotatable bonds is 3. The molecule has 1 N–H and O–H groups in total. The second-order valence-corrected chi connectivity index (χ2v) is 6.23. The third-order valence-corrected chi connectivity index (χ3v) is 4.75. The van der Waals surface area contributed by atoms with E-state index in [2.05, 4.69) is 0 Å². The van der Waals surface area contributed by atoms with Crippen molar-refractivity contribution in [3.63, 3.8) is 0 Å². The van der Waals surface area contributed by atoms with Crippen LogP contribution in [0, 0.1) is 0 Å². The molecular formula is C14H16O4S. The fourth-order valence-corrected chi connectivity index (χ4v) is 3.46. The molecular weight excluding hydrogens is 264 g/mol. The van der Waals surface area contributed by atoms with Crippen LogP contribution >= 0.6 is 0 Å². The van der Waals surface area contributed by atoms with Crippen molar-refractivity contribution in [3.8, 4) is 5.75 Å². The Morgan fingerprint density at radius 1 is 1.21 bits per heavy atom. The summed E-state index contributed by atoms with van der Waals surface area (Å²) in [6, 6.07) is 7.16. The van der Waals surface area contributed by atoms with Gasteiger partial charge in [0, 0.05) is 5.41 Å². The van der Waals surface area contributed by atoms with Gasteiger partial charge in [-0.2, -0.15) is 8.42 Å². The second-order valence-electron chi connectivity index (χ2n) is 4.69. The van der Waals surface area contributed by atoms with Gasteiger partial charge in [0.1, 0.15) is 11.0 Å². The van der Waals surface area contributed by atoms with Crippen LogP contribution in [0.1, 0.15) is 12.5 Å². The Balaban J connectivity index is 2.49. The van der Waals surface area contributed by atoms with Gasteiger partial charge in [-0.3, -0.25) is 4.55 Å². The van der Waals surface area contributed by atoms with E-state index in [4.69, 9.17) is 4.74 Å². The summed E-state index contributed by atoms with van der Waals surface area (Å²) < 4.78 is 37.6. The summed E-state index contributed by atoms with van der Waals surface area (Å²) in [6.45, 7) is 1.78. The van der Waals surface area contributed by atoms with Crippen molar-refractivity contribution in [3.05, 3.63) is 54.1 Å². The number of benzene rings is 1. The average molecular weight is 280 g/mol. The minimum absolute atomic E-state index is 0.700.